The second-order valence-corrected chi connectivity index (χ2v) is 8.65. The molecule has 0 aliphatic carbocycles. The van der Waals surface area contributed by atoms with Crippen LogP contribution in [0.4, 0.5) is 22.9 Å². The predicted octanol–water partition coefficient (Wildman–Crippen LogP) is 6.19. The van der Waals surface area contributed by atoms with Gasteiger partial charge in [0.1, 0.15) is 18.2 Å². The lowest BCUT2D eigenvalue weighted by Crippen LogP contribution is -2.62. The highest BCUT2D eigenvalue weighted by atomic mass is 15.5. The minimum absolute atomic E-state index is 0.00659. The van der Waals surface area contributed by atoms with Gasteiger partial charge in [-0.05, 0) is 36.6 Å². The molecule has 3 unspecified atom stereocenters. The standard InChI is InChI=1S/C25H28N4/c1-5-24(3)19-14-10-11-15-20(19)29-21-16-26-17-27-22(21)28(18-12-8-7-9-13-18)23(29)25(24,4)6-2/h7-17,23H,5-6H2,1-4H3. The molecule has 1 aromatic heterocycles. The van der Waals surface area contributed by atoms with E-state index in [0.29, 0.717) is 0 Å². The number of fused-ring (bicyclic) bond motifs is 5. The monoisotopic (exact) mass is 384 g/mol. The Hall–Kier alpha value is -2.88. The van der Waals surface area contributed by atoms with Gasteiger partial charge in [-0.1, -0.05) is 64.1 Å². The first-order valence-electron chi connectivity index (χ1n) is 10.6. The van der Waals surface area contributed by atoms with Crippen molar-refractivity contribution in [3.8, 4) is 0 Å². The molecule has 0 saturated heterocycles. The average molecular weight is 385 g/mol. The highest BCUT2D eigenvalue weighted by Gasteiger charge is 2.60. The molecule has 0 saturated carbocycles. The lowest BCUT2D eigenvalue weighted by Gasteiger charge is -2.59. The third-order valence-electron chi connectivity index (χ3n) is 7.71. The van der Waals surface area contributed by atoms with Gasteiger partial charge >= 0.3 is 0 Å². The summed E-state index contributed by atoms with van der Waals surface area (Å²) in [5.41, 5.74) is 5.02. The zero-order chi connectivity index (χ0) is 20.2. The van der Waals surface area contributed by atoms with Crippen molar-refractivity contribution in [2.45, 2.75) is 52.1 Å². The molecule has 0 bridgehead atoms. The van der Waals surface area contributed by atoms with E-state index in [1.165, 1.54) is 16.9 Å². The molecule has 4 heteroatoms. The van der Waals surface area contributed by atoms with Gasteiger partial charge in [-0.3, -0.25) is 0 Å². The minimum atomic E-state index is 0.00659. The highest BCUT2D eigenvalue weighted by Crippen LogP contribution is 2.63. The summed E-state index contributed by atoms with van der Waals surface area (Å²) in [5, 5.41) is 0. The number of para-hydroxylation sites is 2. The van der Waals surface area contributed by atoms with Crippen LogP contribution in [0.3, 0.4) is 0 Å². The van der Waals surface area contributed by atoms with E-state index >= 15 is 0 Å². The second-order valence-electron chi connectivity index (χ2n) is 8.65. The summed E-state index contributed by atoms with van der Waals surface area (Å²) in [7, 11) is 0. The first kappa shape index (κ1) is 18.2. The Morgan fingerprint density at radius 1 is 0.862 bits per heavy atom. The van der Waals surface area contributed by atoms with Gasteiger partial charge in [-0.25, -0.2) is 9.97 Å². The van der Waals surface area contributed by atoms with E-state index in [1.54, 1.807) is 6.33 Å². The van der Waals surface area contributed by atoms with Crippen LogP contribution in [0.25, 0.3) is 0 Å². The Kier molecular flexibility index (Phi) is 3.95. The molecule has 3 aromatic rings. The summed E-state index contributed by atoms with van der Waals surface area (Å²) < 4.78 is 0. The van der Waals surface area contributed by atoms with Crippen LogP contribution in [-0.4, -0.2) is 16.1 Å². The van der Waals surface area contributed by atoms with Crippen molar-refractivity contribution in [2.24, 2.45) is 5.41 Å². The first-order chi connectivity index (χ1) is 14.1. The minimum Gasteiger partial charge on any atom is -0.315 e. The third kappa shape index (κ3) is 2.20. The van der Waals surface area contributed by atoms with Crippen LogP contribution in [0.15, 0.2) is 67.1 Å². The largest absolute Gasteiger partial charge is 0.315 e. The van der Waals surface area contributed by atoms with Crippen LogP contribution in [0.2, 0.25) is 0 Å². The van der Waals surface area contributed by atoms with Gasteiger partial charge in [0, 0.05) is 22.2 Å². The van der Waals surface area contributed by atoms with Gasteiger partial charge < -0.3 is 9.80 Å². The molecule has 5 rings (SSSR count). The molecule has 0 fully saturated rings. The Morgan fingerprint density at radius 3 is 2.31 bits per heavy atom. The molecule has 3 heterocycles. The lowest BCUT2D eigenvalue weighted by atomic mass is 9.55. The second kappa shape index (κ2) is 6.31. The summed E-state index contributed by atoms with van der Waals surface area (Å²) in [6.45, 7) is 9.57. The molecular weight excluding hydrogens is 356 g/mol. The average Bonchev–Trinajstić information content (AvgIpc) is 3.14. The van der Waals surface area contributed by atoms with Crippen LogP contribution in [0.1, 0.15) is 46.1 Å². The Labute approximate surface area is 173 Å². The molecular formula is C25H28N4. The zero-order valence-electron chi connectivity index (χ0n) is 17.6. The molecule has 0 radical (unpaired) electrons. The van der Waals surface area contributed by atoms with Crippen molar-refractivity contribution in [1.29, 1.82) is 0 Å². The Bertz CT molecular complexity index is 1050. The summed E-state index contributed by atoms with van der Waals surface area (Å²) in [6.07, 6.45) is 5.93. The number of hydrogen-bond acceptors (Lipinski definition) is 4. The number of aromatic nitrogens is 2. The fourth-order valence-corrected chi connectivity index (χ4v) is 5.63. The van der Waals surface area contributed by atoms with Crippen molar-refractivity contribution >= 4 is 22.9 Å². The van der Waals surface area contributed by atoms with Crippen LogP contribution in [0, 0.1) is 5.41 Å². The quantitative estimate of drug-likeness (QED) is 0.539. The third-order valence-corrected chi connectivity index (χ3v) is 7.71. The first-order valence-corrected chi connectivity index (χ1v) is 10.6. The Balaban J connectivity index is 1.86. The van der Waals surface area contributed by atoms with Crippen molar-refractivity contribution in [1.82, 2.24) is 9.97 Å². The van der Waals surface area contributed by atoms with Gasteiger partial charge in [0.2, 0.25) is 0 Å². The van der Waals surface area contributed by atoms with Crippen LogP contribution in [-0.2, 0) is 5.41 Å². The predicted molar refractivity (Wildman–Crippen MR) is 119 cm³/mol. The molecule has 2 aliphatic heterocycles. The van der Waals surface area contributed by atoms with Gasteiger partial charge in [0.15, 0.2) is 5.82 Å². The number of nitrogens with zero attached hydrogens (tertiary/aromatic N) is 4. The lowest BCUT2D eigenvalue weighted by molar-refractivity contribution is 0.0965. The van der Waals surface area contributed by atoms with Crippen LogP contribution >= 0.6 is 0 Å². The van der Waals surface area contributed by atoms with Crippen molar-refractivity contribution in [3.63, 3.8) is 0 Å². The molecule has 0 spiro atoms. The topological polar surface area (TPSA) is 32.3 Å². The number of anilines is 4. The van der Waals surface area contributed by atoms with E-state index in [-0.39, 0.29) is 17.0 Å². The summed E-state index contributed by atoms with van der Waals surface area (Å²) in [6, 6.07) is 19.6. The molecule has 2 aliphatic rings. The summed E-state index contributed by atoms with van der Waals surface area (Å²) in [5.74, 6) is 0.992. The van der Waals surface area contributed by atoms with E-state index in [0.717, 1.165) is 24.3 Å². The van der Waals surface area contributed by atoms with Crippen molar-refractivity contribution in [3.05, 3.63) is 72.7 Å². The normalized spacial score (nSPS) is 27.4. The fraction of sp³-hybridized carbons (Fsp3) is 0.360. The number of rotatable bonds is 3. The number of benzene rings is 2. The van der Waals surface area contributed by atoms with Crippen molar-refractivity contribution in [2.75, 3.05) is 9.80 Å². The van der Waals surface area contributed by atoms with Crippen LogP contribution in [0.5, 0.6) is 0 Å². The zero-order valence-corrected chi connectivity index (χ0v) is 17.6. The highest BCUT2D eigenvalue weighted by molar-refractivity contribution is 5.88. The van der Waals surface area contributed by atoms with E-state index in [2.05, 4.69) is 97.1 Å². The summed E-state index contributed by atoms with van der Waals surface area (Å²) >= 11 is 0. The molecule has 29 heavy (non-hydrogen) atoms. The maximum Gasteiger partial charge on any atom is 0.162 e. The van der Waals surface area contributed by atoms with E-state index in [4.69, 9.17) is 4.98 Å². The maximum absolute atomic E-state index is 4.76. The van der Waals surface area contributed by atoms with Crippen molar-refractivity contribution < 1.29 is 0 Å². The molecule has 148 valence electrons. The SMILES string of the molecule is CCC1(C)c2ccccc2N2c3cncnc3N(c3ccccc3)C2C1(C)CC. The van der Waals surface area contributed by atoms with Gasteiger partial charge in [-0.2, -0.15) is 0 Å². The van der Waals surface area contributed by atoms with Gasteiger partial charge in [0.05, 0.1) is 6.20 Å². The Morgan fingerprint density at radius 2 is 1.59 bits per heavy atom. The van der Waals surface area contributed by atoms with Crippen LogP contribution < -0.4 is 9.80 Å². The summed E-state index contributed by atoms with van der Waals surface area (Å²) in [4.78, 5) is 14.1. The maximum atomic E-state index is 4.76. The van der Waals surface area contributed by atoms with E-state index in [1.807, 2.05) is 6.20 Å². The fourth-order valence-electron chi connectivity index (χ4n) is 5.63. The molecule has 0 N–H and O–H groups in total. The molecule has 4 nitrogen and oxygen atoms in total. The van der Waals surface area contributed by atoms with E-state index in [9.17, 15) is 0 Å². The number of hydrogen-bond donors (Lipinski definition) is 0. The molecule has 3 atom stereocenters. The van der Waals surface area contributed by atoms with E-state index < -0.39 is 0 Å². The molecule has 0 amide bonds. The van der Waals surface area contributed by atoms with Gasteiger partial charge in [0.25, 0.3) is 0 Å². The van der Waals surface area contributed by atoms with Gasteiger partial charge in [-0.15, -0.1) is 0 Å². The smallest absolute Gasteiger partial charge is 0.162 e. The molecule has 2 aromatic carbocycles.